The molecule has 0 fully saturated rings. The van der Waals surface area contributed by atoms with Crippen molar-refractivity contribution in [3.05, 3.63) is 0 Å². The van der Waals surface area contributed by atoms with Gasteiger partial charge in [-0.3, -0.25) is 4.79 Å². The molecule has 0 aliphatic heterocycles. The lowest BCUT2D eigenvalue weighted by Gasteiger charge is -2.21. The maximum Gasteiger partial charge on any atom is 0.323 e. The fourth-order valence-electron chi connectivity index (χ4n) is 1.20. The second-order valence-electron chi connectivity index (χ2n) is 3.47. The number of rotatable bonds is 6. The minimum atomic E-state index is -1.16. The summed E-state index contributed by atoms with van der Waals surface area (Å²) in [7, 11) is 0. The van der Waals surface area contributed by atoms with Crippen LogP contribution in [0.1, 0.15) is 33.1 Å². The summed E-state index contributed by atoms with van der Waals surface area (Å²) in [4.78, 5) is 10.4. The standard InChI is InChI=1S/C9H19NO3/c1-3-4-5-6(2)8(11)7(10)9(12)13/h6-8,11H,3-5,10H2,1-2H3,(H,12,13)/t6-,7-,8-/m1/s1. The van der Waals surface area contributed by atoms with Crippen molar-refractivity contribution in [2.24, 2.45) is 11.7 Å². The number of hydrogen-bond acceptors (Lipinski definition) is 3. The Labute approximate surface area is 78.7 Å². The summed E-state index contributed by atoms with van der Waals surface area (Å²) < 4.78 is 0. The molecule has 0 spiro atoms. The molecule has 0 heterocycles. The van der Waals surface area contributed by atoms with Crippen molar-refractivity contribution in [3.63, 3.8) is 0 Å². The molecule has 0 amide bonds. The van der Waals surface area contributed by atoms with Gasteiger partial charge in [-0.1, -0.05) is 26.7 Å². The molecule has 0 saturated carbocycles. The number of nitrogens with two attached hydrogens (primary N) is 1. The van der Waals surface area contributed by atoms with Gasteiger partial charge in [0, 0.05) is 0 Å². The van der Waals surface area contributed by atoms with E-state index in [1.54, 1.807) is 0 Å². The molecule has 0 bridgehead atoms. The van der Waals surface area contributed by atoms with Crippen LogP contribution in [0.3, 0.4) is 0 Å². The van der Waals surface area contributed by atoms with Crippen molar-refractivity contribution in [1.29, 1.82) is 0 Å². The summed E-state index contributed by atoms with van der Waals surface area (Å²) in [6.07, 6.45) is 1.91. The Morgan fingerprint density at radius 2 is 2.08 bits per heavy atom. The third-order valence-electron chi connectivity index (χ3n) is 2.25. The van der Waals surface area contributed by atoms with Crippen molar-refractivity contribution in [1.82, 2.24) is 0 Å². The molecule has 78 valence electrons. The smallest absolute Gasteiger partial charge is 0.323 e. The molecule has 0 unspecified atom stereocenters. The molecule has 13 heavy (non-hydrogen) atoms. The van der Waals surface area contributed by atoms with Gasteiger partial charge in [0.15, 0.2) is 0 Å². The van der Waals surface area contributed by atoms with Gasteiger partial charge in [0.05, 0.1) is 6.10 Å². The van der Waals surface area contributed by atoms with E-state index < -0.39 is 18.1 Å². The number of hydrogen-bond donors (Lipinski definition) is 3. The van der Waals surface area contributed by atoms with Crippen LogP contribution in [0.2, 0.25) is 0 Å². The van der Waals surface area contributed by atoms with Gasteiger partial charge in [0.25, 0.3) is 0 Å². The van der Waals surface area contributed by atoms with E-state index in [-0.39, 0.29) is 5.92 Å². The number of carbonyl (C=O) groups is 1. The van der Waals surface area contributed by atoms with Gasteiger partial charge in [-0.25, -0.2) is 0 Å². The van der Waals surface area contributed by atoms with Crippen LogP contribution >= 0.6 is 0 Å². The summed E-state index contributed by atoms with van der Waals surface area (Å²) in [5.41, 5.74) is 5.28. The first-order chi connectivity index (χ1) is 6.00. The van der Waals surface area contributed by atoms with Crippen LogP contribution in [0.4, 0.5) is 0 Å². The Morgan fingerprint density at radius 3 is 2.46 bits per heavy atom. The lowest BCUT2D eigenvalue weighted by molar-refractivity contribution is -0.142. The molecular formula is C9H19NO3. The minimum absolute atomic E-state index is 0.0500. The molecule has 4 N–H and O–H groups in total. The maximum absolute atomic E-state index is 10.4. The van der Waals surface area contributed by atoms with Gasteiger partial charge in [-0.05, 0) is 12.3 Å². The van der Waals surface area contributed by atoms with Crippen molar-refractivity contribution in [3.8, 4) is 0 Å². The molecule has 0 rings (SSSR count). The van der Waals surface area contributed by atoms with Crippen molar-refractivity contribution < 1.29 is 15.0 Å². The highest BCUT2D eigenvalue weighted by molar-refractivity contribution is 5.73. The molecule has 4 heteroatoms. The normalized spacial score (nSPS) is 17.8. The average Bonchev–Trinajstić information content (AvgIpc) is 2.11. The minimum Gasteiger partial charge on any atom is -0.480 e. The zero-order valence-electron chi connectivity index (χ0n) is 8.23. The Hall–Kier alpha value is -0.610. The SMILES string of the molecule is CCCC[C@@H](C)[C@@H](O)[C@@H](N)C(=O)O. The quantitative estimate of drug-likeness (QED) is 0.571. The summed E-state index contributed by atoms with van der Waals surface area (Å²) >= 11 is 0. The predicted molar refractivity (Wildman–Crippen MR) is 50.3 cm³/mol. The number of aliphatic carboxylic acids is 1. The van der Waals surface area contributed by atoms with Crippen LogP contribution in [0, 0.1) is 5.92 Å². The van der Waals surface area contributed by atoms with Crippen LogP contribution in [-0.2, 0) is 4.79 Å². The van der Waals surface area contributed by atoms with Gasteiger partial charge >= 0.3 is 5.97 Å². The summed E-state index contributed by atoms with van der Waals surface area (Å²) in [5.74, 6) is -1.19. The zero-order valence-corrected chi connectivity index (χ0v) is 8.23. The molecule has 0 aliphatic rings. The van der Waals surface area contributed by atoms with E-state index in [4.69, 9.17) is 10.8 Å². The molecule has 0 aromatic rings. The van der Waals surface area contributed by atoms with E-state index in [0.29, 0.717) is 0 Å². The Bertz CT molecular complexity index is 161. The van der Waals surface area contributed by atoms with E-state index in [9.17, 15) is 9.90 Å². The first-order valence-electron chi connectivity index (χ1n) is 4.67. The predicted octanol–water partition coefficient (Wildman–Crippen LogP) is 0.586. The monoisotopic (exact) mass is 189 g/mol. The van der Waals surface area contributed by atoms with Gasteiger partial charge < -0.3 is 15.9 Å². The Morgan fingerprint density at radius 1 is 1.54 bits per heavy atom. The fraction of sp³-hybridized carbons (Fsp3) is 0.889. The van der Waals surface area contributed by atoms with Crippen molar-refractivity contribution >= 4 is 5.97 Å². The molecule has 3 atom stereocenters. The average molecular weight is 189 g/mol. The number of aliphatic hydroxyl groups excluding tert-OH is 1. The van der Waals surface area contributed by atoms with E-state index >= 15 is 0 Å². The zero-order chi connectivity index (χ0) is 10.4. The maximum atomic E-state index is 10.4. The number of carboxylic acids is 1. The first-order valence-corrected chi connectivity index (χ1v) is 4.67. The summed E-state index contributed by atoms with van der Waals surface area (Å²) in [6, 6.07) is -1.16. The number of unbranched alkanes of at least 4 members (excludes halogenated alkanes) is 1. The summed E-state index contributed by atoms with van der Waals surface area (Å²) in [5, 5.41) is 18.0. The van der Waals surface area contributed by atoms with Crippen molar-refractivity contribution in [2.75, 3.05) is 0 Å². The van der Waals surface area contributed by atoms with Crippen LogP contribution in [0.15, 0.2) is 0 Å². The van der Waals surface area contributed by atoms with Gasteiger partial charge in [0.2, 0.25) is 0 Å². The summed E-state index contributed by atoms with van der Waals surface area (Å²) in [6.45, 7) is 3.87. The lowest BCUT2D eigenvalue weighted by atomic mass is 9.93. The number of aliphatic hydroxyl groups is 1. The largest absolute Gasteiger partial charge is 0.480 e. The Balaban J connectivity index is 3.93. The van der Waals surface area contributed by atoms with Crippen LogP contribution in [0.5, 0.6) is 0 Å². The topological polar surface area (TPSA) is 83.5 Å². The molecule has 0 aromatic heterocycles. The van der Waals surface area contributed by atoms with Crippen molar-refractivity contribution in [2.45, 2.75) is 45.3 Å². The number of carboxylic acid groups (broad SMARTS) is 1. The van der Waals surface area contributed by atoms with Crippen LogP contribution < -0.4 is 5.73 Å². The van der Waals surface area contributed by atoms with E-state index in [2.05, 4.69) is 6.92 Å². The second-order valence-corrected chi connectivity index (χ2v) is 3.47. The fourth-order valence-corrected chi connectivity index (χ4v) is 1.20. The first kappa shape index (κ1) is 12.4. The van der Waals surface area contributed by atoms with Gasteiger partial charge in [-0.15, -0.1) is 0 Å². The second kappa shape index (κ2) is 5.94. The molecule has 0 aromatic carbocycles. The molecule has 0 aliphatic carbocycles. The molecule has 0 radical (unpaired) electrons. The van der Waals surface area contributed by atoms with Gasteiger partial charge in [-0.2, -0.15) is 0 Å². The lowest BCUT2D eigenvalue weighted by Crippen LogP contribution is -2.45. The van der Waals surface area contributed by atoms with E-state index in [1.807, 2.05) is 6.92 Å². The van der Waals surface area contributed by atoms with Crippen LogP contribution in [-0.4, -0.2) is 28.3 Å². The third-order valence-corrected chi connectivity index (χ3v) is 2.25. The third kappa shape index (κ3) is 4.24. The highest BCUT2D eigenvalue weighted by Crippen LogP contribution is 2.14. The highest BCUT2D eigenvalue weighted by Gasteiger charge is 2.26. The Kier molecular flexibility index (Phi) is 5.66. The van der Waals surface area contributed by atoms with Gasteiger partial charge in [0.1, 0.15) is 6.04 Å². The van der Waals surface area contributed by atoms with E-state index in [1.165, 1.54) is 0 Å². The van der Waals surface area contributed by atoms with Crippen LogP contribution in [0.25, 0.3) is 0 Å². The van der Waals surface area contributed by atoms with E-state index in [0.717, 1.165) is 19.3 Å². The molecular weight excluding hydrogens is 170 g/mol. The molecule has 0 saturated heterocycles. The molecule has 4 nitrogen and oxygen atoms in total. The highest BCUT2D eigenvalue weighted by atomic mass is 16.4.